The number of nitrogens with one attached hydrogen (secondary N) is 1. The summed E-state index contributed by atoms with van der Waals surface area (Å²) in [4.78, 5) is 42.4. The van der Waals surface area contributed by atoms with Crippen LogP contribution in [0.1, 0.15) is 78.9 Å². The van der Waals surface area contributed by atoms with Gasteiger partial charge in [0.05, 0.1) is 22.9 Å². The molecule has 1 atom stereocenters. The summed E-state index contributed by atoms with van der Waals surface area (Å²) in [5, 5.41) is 0. The van der Waals surface area contributed by atoms with E-state index < -0.39 is 0 Å². The fraction of sp³-hybridized carbons (Fsp3) is 0.583. The molecule has 1 N–H and O–H groups in total. The van der Waals surface area contributed by atoms with E-state index >= 15 is 0 Å². The first-order chi connectivity index (χ1) is 15.1. The summed E-state index contributed by atoms with van der Waals surface area (Å²) in [6, 6.07) is 3.97. The molecule has 4 heterocycles. The van der Waals surface area contributed by atoms with E-state index in [1.165, 1.54) is 25.7 Å². The summed E-state index contributed by atoms with van der Waals surface area (Å²) in [5.74, 6) is 1.41. The Balaban J connectivity index is 1.36. The third kappa shape index (κ3) is 4.03. The van der Waals surface area contributed by atoms with Crippen molar-refractivity contribution in [3.05, 3.63) is 57.5 Å². The molecule has 3 aliphatic rings. The smallest absolute Gasteiger partial charge is 0.256 e. The van der Waals surface area contributed by atoms with Gasteiger partial charge >= 0.3 is 0 Å². The van der Waals surface area contributed by atoms with E-state index in [0.29, 0.717) is 30.5 Å². The first-order valence-electron chi connectivity index (χ1n) is 11.7. The standard InChI is InChI=1S/C24H31N5O2/c1-16-6-8-18(9-7-16)28-13-10-20-19(15-28)23(30)27-22(26-20)21-5-3-12-29(21)24(31)17-4-2-11-25-14-17/h2,4,11,14,16,18,21H,3,5-10,12-13,15H2,1H3,(H,26,27,30)/t16?,18?,21-/m0/s1. The lowest BCUT2D eigenvalue weighted by atomic mass is 9.86. The van der Waals surface area contributed by atoms with Crippen molar-refractivity contribution in [2.75, 3.05) is 13.1 Å². The molecule has 7 heteroatoms. The monoisotopic (exact) mass is 421 g/mol. The molecule has 2 fully saturated rings. The maximum Gasteiger partial charge on any atom is 0.256 e. The highest BCUT2D eigenvalue weighted by molar-refractivity contribution is 5.94. The van der Waals surface area contributed by atoms with Gasteiger partial charge in [0.25, 0.3) is 11.5 Å². The first kappa shape index (κ1) is 20.4. The molecule has 31 heavy (non-hydrogen) atoms. The van der Waals surface area contributed by atoms with E-state index in [0.717, 1.165) is 43.0 Å². The van der Waals surface area contributed by atoms with Crippen LogP contribution in [0, 0.1) is 5.92 Å². The number of H-pyrrole nitrogens is 1. The normalized spacial score (nSPS) is 26.6. The van der Waals surface area contributed by atoms with Gasteiger partial charge in [-0.15, -0.1) is 0 Å². The van der Waals surface area contributed by atoms with Crippen molar-refractivity contribution in [1.29, 1.82) is 0 Å². The maximum atomic E-state index is 13.0. The number of likely N-dealkylation sites (tertiary alicyclic amines) is 1. The summed E-state index contributed by atoms with van der Waals surface area (Å²) in [6.45, 7) is 4.67. The zero-order valence-electron chi connectivity index (χ0n) is 18.2. The maximum absolute atomic E-state index is 13.0. The van der Waals surface area contributed by atoms with E-state index in [2.05, 4.69) is 21.8 Å². The number of hydrogen-bond donors (Lipinski definition) is 1. The first-order valence-corrected chi connectivity index (χ1v) is 11.7. The Morgan fingerprint density at radius 3 is 2.77 bits per heavy atom. The van der Waals surface area contributed by atoms with Gasteiger partial charge in [0.1, 0.15) is 5.82 Å². The molecule has 0 bridgehead atoms. The fourth-order valence-corrected chi connectivity index (χ4v) is 5.49. The lowest BCUT2D eigenvalue weighted by Crippen LogP contribution is -2.44. The lowest BCUT2D eigenvalue weighted by molar-refractivity contribution is 0.0728. The molecule has 2 aromatic heterocycles. The Labute approximate surface area is 182 Å². The second kappa shape index (κ2) is 8.54. The molecule has 0 unspecified atom stereocenters. The molecule has 5 rings (SSSR count). The van der Waals surface area contributed by atoms with E-state index in [1.54, 1.807) is 24.5 Å². The molecule has 1 saturated heterocycles. The van der Waals surface area contributed by atoms with Gasteiger partial charge in [0.2, 0.25) is 0 Å². The quantitative estimate of drug-likeness (QED) is 0.824. The van der Waals surface area contributed by atoms with E-state index in [9.17, 15) is 9.59 Å². The van der Waals surface area contributed by atoms with Gasteiger partial charge in [-0.25, -0.2) is 4.98 Å². The molecule has 7 nitrogen and oxygen atoms in total. The topological polar surface area (TPSA) is 82.2 Å². The van der Waals surface area contributed by atoms with Crippen LogP contribution in [0.15, 0.2) is 29.3 Å². The average molecular weight is 422 g/mol. The number of fused-ring (bicyclic) bond motifs is 1. The molecule has 0 spiro atoms. The molecular weight excluding hydrogens is 390 g/mol. The lowest BCUT2D eigenvalue weighted by Gasteiger charge is -2.38. The molecule has 1 saturated carbocycles. The Hall–Kier alpha value is -2.54. The van der Waals surface area contributed by atoms with Crippen LogP contribution in [0.3, 0.4) is 0 Å². The van der Waals surface area contributed by atoms with Gasteiger partial charge < -0.3 is 9.88 Å². The number of rotatable bonds is 3. The second-order valence-electron chi connectivity index (χ2n) is 9.41. The number of amides is 1. The van der Waals surface area contributed by atoms with Gasteiger partial charge in [-0.3, -0.25) is 19.5 Å². The summed E-state index contributed by atoms with van der Waals surface area (Å²) in [7, 11) is 0. The summed E-state index contributed by atoms with van der Waals surface area (Å²) >= 11 is 0. The van der Waals surface area contributed by atoms with Gasteiger partial charge in [-0.05, 0) is 56.6 Å². The average Bonchev–Trinajstić information content (AvgIpc) is 3.29. The Kier molecular flexibility index (Phi) is 5.61. The number of pyridine rings is 1. The second-order valence-corrected chi connectivity index (χ2v) is 9.41. The van der Waals surface area contributed by atoms with Crippen molar-refractivity contribution in [1.82, 2.24) is 24.8 Å². The molecule has 2 aromatic rings. The summed E-state index contributed by atoms with van der Waals surface area (Å²) < 4.78 is 0. The van der Waals surface area contributed by atoms with E-state index in [4.69, 9.17) is 4.98 Å². The van der Waals surface area contributed by atoms with Crippen molar-refractivity contribution in [2.45, 2.75) is 70.5 Å². The van der Waals surface area contributed by atoms with E-state index in [1.807, 2.05) is 4.90 Å². The minimum absolute atomic E-state index is 0.0328. The van der Waals surface area contributed by atoms with Crippen molar-refractivity contribution < 1.29 is 4.79 Å². The molecule has 0 radical (unpaired) electrons. The molecule has 1 aliphatic carbocycles. The number of hydrogen-bond acceptors (Lipinski definition) is 5. The van der Waals surface area contributed by atoms with Crippen LogP contribution in [-0.4, -0.2) is 49.8 Å². The van der Waals surface area contributed by atoms with Crippen molar-refractivity contribution in [2.24, 2.45) is 5.92 Å². The van der Waals surface area contributed by atoms with Crippen LogP contribution in [-0.2, 0) is 13.0 Å². The van der Waals surface area contributed by atoms with E-state index in [-0.39, 0.29) is 17.5 Å². The van der Waals surface area contributed by atoms with Crippen LogP contribution in [0.5, 0.6) is 0 Å². The van der Waals surface area contributed by atoms with Crippen LogP contribution in [0.4, 0.5) is 0 Å². The van der Waals surface area contributed by atoms with Gasteiger partial charge in [-0.1, -0.05) is 6.92 Å². The zero-order valence-corrected chi connectivity index (χ0v) is 18.2. The number of nitrogens with zero attached hydrogens (tertiary/aromatic N) is 4. The van der Waals surface area contributed by atoms with Crippen molar-refractivity contribution in [3.63, 3.8) is 0 Å². The molecule has 1 amide bonds. The third-order valence-corrected chi connectivity index (χ3v) is 7.36. The summed E-state index contributed by atoms with van der Waals surface area (Å²) in [6.07, 6.45) is 10.8. The van der Waals surface area contributed by atoms with Crippen LogP contribution in [0.25, 0.3) is 0 Å². The summed E-state index contributed by atoms with van der Waals surface area (Å²) in [5.41, 5.74) is 2.28. The van der Waals surface area contributed by atoms with Gasteiger partial charge in [0.15, 0.2) is 0 Å². The molecular formula is C24H31N5O2. The Morgan fingerprint density at radius 1 is 1.16 bits per heavy atom. The molecule has 2 aliphatic heterocycles. The highest BCUT2D eigenvalue weighted by atomic mass is 16.2. The highest BCUT2D eigenvalue weighted by Crippen LogP contribution is 2.33. The Bertz CT molecular complexity index is 997. The van der Waals surface area contributed by atoms with Crippen LogP contribution >= 0.6 is 0 Å². The van der Waals surface area contributed by atoms with Gasteiger partial charge in [0, 0.05) is 44.5 Å². The SMILES string of the molecule is CC1CCC(N2CCc3nc([C@@H]4CCCN4C(=O)c4cccnc4)[nH]c(=O)c3C2)CC1. The van der Waals surface area contributed by atoms with Crippen molar-refractivity contribution >= 4 is 5.91 Å². The minimum Gasteiger partial charge on any atom is -0.328 e. The van der Waals surface area contributed by atoms with Crippen LogP contribution < -0.4 is 5.56 Å². The van der Waals surface area contributed by atoms with Gasteiger partial charge in [-0.2, -0.15) is 0 Å². The molecule has 164 valence electrons. The predicted molar refractivity (Wildman–Crippen MR) is 118 cm³/mol. The number of carbonyl (C=O) groups is 1. The number of carbonyl (C=O) groups excluding carboxylic acids is 1. The predicted octanol–water partition coefficient (Wildman–Crippen LogP) is 3.08. The van der Waals surface area contributed by atoms with Crippen LogP contribution in [0.2, 0.25) is 0 Å². The number of aromatic nitrogens is 3. The fourth-order valence-electron chi connectivity index (χ4n) is 5.49. The minimum atomic E-state index is -0.177. The largest absolute Gasteiger partial charge is 0.328 e. The zero-order chi connectivity index (χ0) is 21.4. The number of aromatic amines is 1. The Morgan fingerprint density at radius 2 is 2.00 bits per heavy atom. The third-order valence-electron chi connectivity index (χ3n) is 7.36. The molecule has 0 aromatic carbocycles. The van der Waals surface area contributed by atoms with Crippen molar-refractivity contribution in [3.8, 4) is 0 Å². The highest BCUT2D eigenvalue weighted by Gasteiger charge is 2.34.